The number of hydrogen-bond donors (Lipinski definition) is 4. The summed E-state index contributed by atoms with van der Waals surface area (Å²) in [4.78, 5) is 23.3. The molecule has 120 valence electrons. The molecule has 1 aliphatic rings. The van der Waals surface area contributed by atoms with E-state index in [2.05, 4.69) is 20.3 Å². The van der Waals surface area contributed by atoms with Crippen molar-refractivity contribution in [3.8, 4) is 0 Å². The molecule has 0 aromatic carbocycles. The highest BCUT2D eigenvalue weighted by Crippen LogP contribution is 2.30. The highest BCUT2D eigenvalue weighted by molar-refractivity contribution is 5.82. The van der Waals surface area contributed by atoms with Crippen molar-refractivity contribution in [2.75, 3.05) is 11.9 Å². The van der Waals surface area contributed by atoms with Gasteiger partial charge in [-0.05, 0) is 13.8 Å². The number of H-pyrrole nitrogens is 1. The number of fused-ring (bicyclic) bond motifs is 1. The minimum Gasteiger partial charge on any atom is -0.394 e. The van der Waals surface area contributed by atoms with Crippen molar-refractivity contribution in [2.45, 2.75) is 44.7 Å². The lowest BCUT2D eigenvalue weighted by Crippen LogP contribution is -2.25. The van der Waals surface area contributed by atoms with Gasteiger partial charge in [-0.1, -0.05) is 0 Å². The van der Waals surface area contributed by atoms with E-state index in [0.717, 1.165) is 0 Å². The third kappa shape index (κ3) is 2.47. The van der Waals surface area contributed by atoms with E-state index in [-0.39, 0.29) is 19.1 Å². The molecule has 9 nitrogen and oxygen atoms in total. The van der Waals surface area contributed by atoms with E-state index in [1.54, 1.807) is 0 Å². The molecule has 22 heavy (non-hydrogen) atoms. The minimum absolute atomic E-state index is 0.147. The fourth-order valence-electron chi connectivity index (χ4n) is 2.62. The van der Waals surface area contributed by atoms with Crippen LogP contribution in [-0.4, -0.2) is 54.6 Å². The Morgan fingerprint density at radius 2 is 2.32 bits per heavy atom. The van der Waals surface area contributed by atoms with Crippen molar-refractivity contribution >= 4 is 17.0 Å². The van der Waals surface area contributed by atoms with E-state index < -0.39 is 24.1 Å². The highest BCUT2D eigenvalue weighted by atomic mass is 16.5. The second kappa shape index (κ2) is 5.67. The number of hydrogen-bond acceptors (Lipinski definition) is 7. The van der Waals surface area contributed by atoms with Crippen LogP contribution in [-0.2, 0) is 4.74 Å². The number of imidazole rings is 1. The molecule has 0 saturated carbocycles. The van der Waals surface area contributed by atoms with Crippen molar-refractivity contribution < 1.29 is 14.9 Å². The Kier molecular flexibility index (Phi) is 3.85. The van der Waals surface area contributed by atoms with Crippen LogP contribution in [0.25, 0.3) is 11.2 Å². The van der Waals surface area contributed by atoms with Gasteiger partial charge < -0.3 is 25.3 Å². The van der Waals surface area contributed by atoms with Crippen molar-refractivity contribution in [2.24, 2.45) is 0 Å². The van der Waals surface area contributed by atoms with Crippen LogP contribution in [0.2, 0.25) is 0 Å². The van der Waals surface area contributed by atoms with Crippen LogP contribution in [0.4, 0.5) is 5.82 Å². The second-order valence-corrected chi connectivity index (χ2v) is 5.63. The van der Waals surface area contributed by atoms with Crippen molar-refractivity contribution in [3.05, 3.63) is 16.8 Å². The first kappa shape index (κ1) is 14.9. The zero-order valence-corrected chi connectivity index (χ0v) is 12.4. The predicted octanol–water partition coefficient (Wildman–Crippen LogP) is -0.419. The molecule has 0 aliphatic carbocycles. The lowest BCUT2D eigenvalue weighted by molar-refractivity contribution is -0.0441. The average molecular weight is 309 g/mol. The Bertz CT molecular complexity index is 725. The normalized spacial score (nSPS) is 25.2. The van der Waals surface area contributed by atoms with Gasteiger partial charge in [-0.25, -0.2) is 19.3 Å². The molecular weight excluding hydrogens is 290 g/mol. The van der Waals surface area contributed by atoms with Crippen LogP contribution >= 0.6 is 0 Å². The number of anilines is 1. The summed E-state index contributed by atoms with van der Waals surface area (Å²) in [5.41, 5.74) is 0.503. The van der Waals surface area contributed by atoms with Gasteiger partial charge >= 0.3 is 5.69 Å². The number of nitrogens with one attached hydrogen (secondary N) is 2. The first-order valence-electron chi connectivity index (χ1n) is 7.17. The highest BCUT2D eigenvalue weighted by Gasteiger charge is 2.36. The molecule has 2 unspecified atom stereocenters. The van der Waals surface area contributed by atoms with Gasteiger partial charge in [0, 0.05) is 12.5 Å². The first-order chi connectivity index (χ1) is 10.5. The molecule has 2 aromatic heterocycles. The molecule has 0 spiro atoms. The van der Waals surface area contributed by atoms with Gasteiger partial charge in [0.25, 0.3) is 0 Å². The van der Waals surface area contributed by atoms with E-state index in [9.17, 15) is 9.90 Å². The van der Waals surface area contributed by atoms with Gasteiger partial charge in [-0.3, -0.25) is 0 Å². The maximum Gasteiger partial charge on any atom is 0.329 e. The van der Waals surface area contributed by atoms with Crippen molar-refractivity contribution in [1.29, 1.82) is 0 Å². The van der Waals surface area contributed by atoms with Crippen molar-refractivity contribution in [1.82, 2.24) is 19.5 Å². The molecule has 3 rings (SSSR count). The summed E-state index contributed by atoms with van der Waals surface area (Å²) >= 11 is 0. The Morgan fingerprint density at radius 1 is 1.55 bits per heavy atom. The summed E-state index contributed by atoms with van der Waals surface area (Å²) < 4.78 is 6.89. The second-order valence-electron chi connectivity index (χ2n) is 5.63. The standard InChI is InChI=1S/C13H19N5O4/c1-6(2)16-11-10-12(15-5-14-11)18(13(21)17-10)9-3-7(20)8(4-19)22-9/h5-9,19-20H,3-4H2,1-2H3,(H,17,21)(H,14,15,16)/t7?,8?,9-/m1/s1. The predicted molar refractivity (Wildman–Crippen MR) is 78.5 cm³/mol. The van der Waals surface area contributed by atoms with Crippen LogP contribution < -0.4 is 11.0 Å². The third-order valence-electron chi connectivity index (χ3n) is 3.60. The molecule has 1 fully saturated rings. The molecule has 0 amide bonds. The van der Waals surface area contributed by atoms with E-state index >= 15 is 0 Å². The van der Waals surface area contributed by atoms with Gasteiger partial charge in [0.05, 0.1) is 12.7 Å². The molecule has 0 bridgehead atoms. The number of aromatic amines is 1. The van der Waals surface area contributed by atoms with E-state index in [4.69, 9.17) is 9.84 Å². The van der Waals surface area contributed by atoms with Gasteiger partial charge in [0.1, 0.15) is 24.2 Å². The fraction of sp³-hybridized carbons (Fsp3) is 0.615. The average Bonchev–Trinajstić information content (AvgIpc) is 2.98. The smallest absolute Gasteiger partial charge is 0.329 e. The Morgan fingerprint density at radius 3 is 2.95 bits per heavy atom. The molecule has 3 atom stereocenters. The number of aromatic nitrogens is 4. The number of aliphatic hydroxyl groups excluding tert-OH is 2. The molecule has 2 aromatic rings. The fourth-order valence-corrected chi connectivity index (χ4v) is 2.62. The summed E-state index contributed by atoms with van der Waals surface area (Å²) in [5, 5.41) is 22.1. The number of nitrogens with zero attached hydrogens (tertiary/aromatic N) is 3. The number of ether oxygens (including phenoxy) is 1. The maximum absolute atomic E-state index is 12.3. The van der Waals surface area contributed by atoms with Gasteiger partial charge in [-0.2, -0.15) is 0 Å². The number of rotatable bonds is 4. The van der Waals surface area contributed by atoms with Crippen LogP contribution in [0.15, 0.2) is 11.1 Å². The minimum atomic E-state index is -0.818. The summed E-state index contributed by atoms with van der Waals surface area (Å²) in [7, 11) is 0. The maximum atomic E-state index is 12.3. The third-order valence-corrected chi connectivity index (χ3v) is 3.60. The molecule has 4 N–H and O–H groups in total. The SMILES string of the molecule is CC(C)Nc1ncnc2c1[nH]c(=O)n2[C@H]1CC(O)C(CO)O1. The lowest BCUT2D eigenvalue weighted by atomic mass is 10.2. The number of aliphatic hydroxyl groups is 2. The van der Waals surface area contributed by atoms with Crippen LogP contribution in [0.5, 0.6) is 0 Å². The zero-order valence-electron chi connectivity index (χ0n) is 12.4. The van der Waals surface area contributed by atoms with E-state index in [1.165, 1.54) is 10.9 Å². The van der Waals surface area contributed by atoms with Gasteiger partial charge in [0.15, 0.2) is 11.5 Å². The van der Waals surface area contributed by atoms with E-state index in [0.29, 0.717) is 17.0 Å². The molecule has 1 aliphatic heterocycles. The molecule has 0 radical (unpaired) electrons. The quantitative estimate of drug-likeness (QED) is 0.604. The Labute approximate surface area is 126 Å². The summed E-state index contributed by atoms with van der Waals surface area (Å²) in [6, 6.07) is 0.147. The monoisotopic (exact) mass is 309 g/mol. The first-order valence-corrected chi connectivity index (χ1v) is 7.17. The molecular formula is C13H19N5O4. The summed E-state index contributed by atoms with van der Waals surface area (Å²) in [5.74, 6) is 0.535. The molecule has 1 saturated heterocycles. The van der Waals surface area contributed by atoms with Gasteiger partial charge in [0.2, 0.25) is 0 Å². The Hall–Kier alpha value is -1.97. The Balaban J connectivity index is 2.04. The van der Waals surface area contributed by atoms with Crippen LogP contribution in [0, 0.1) is 0 Å². The lowest BCUT2D eigenvalue weighted by Gasteiger charge is -2.13. The van der Waals surface area contributed by atoms with Gasteiger partial charge in [-0.15, -0.1) is 0 Å². The van der Waals surface area contributed by atoms with Crippen molar-refractivity contribution in [3.63, 3.8) is 0 Å². The summed E-state index contributed by atoms with van der Waals surface area (Å²) in [6.45, 7) is 3.63. The largest absolute Gasteiger partial charge is 0.394 e. The molecule has 9 heteroatoms. The van der Waals surface area contributed by atoms with E-state index in [1.807, 2.05) is 13.8 Å². The topological polar surface area (TPSA) is 125 Å². The molecule has 3 heterocycles. The van der Waals surface area contributed by atoms with Crippen LogP contribution in [0.1, 0.15) is 26.5 Å². The summed E-state index contributed by atoms with van der Waals surface area (Å²) in [6.07, 6.45) is -0.602. The zero-order chi connectivity index (χ0) is 15.9. The van der Waals surface area contributed by atoms with Crippen LogP contribution in [0.3, 0.4) is 0 Å².